The van der Waals surface area contributed by atoms with Crippen LogP contribution >= 0.6 is 0 Å². The summed E-state index contributed by atoms with van der Waals surface area (Å²) in [6, 6.07) is 22.9. The van der Waals surface area contributed by atoms with Gasteiger partial charge in [-0.05, 0) is 50.2 Å². The van der Waals surface area contributed by atoms with Gasteiger partial charge >= 0.3 is 0 Å². The number of amides is 2. The van der Waals surface area contributed by atoms with Crippen molar-refractivity contribution in [2.75, 3.05) is 27.2 Å². The molecule has 34 heavy (non-hydrogen) atoms. The lowest BCUT2D eigenvalue weighted by Gasteiger charge is -2.21. The Labute approximate surface area is 199 Å². The molecule has 4 aromatic rings. The number of hydrogen-bond donors (Lipinski definition) is 0. The zero-order chi connectivity index (χ0) is 24.2. The number of benzene rings is 2. The third kappa shape index (κ3) is 4.76. The first kappa shape index (κ1) is 23.0. The third-order valence-corrected chi connectivity index (χ3v) is 5.68. The first-order valence-electron chi connectivity index (χ1n) is 11.1. The van der Waals surface area contributed by atoms with E-state index in [1.54, 1.807) is 45.4 Å². The number of carbonyl (C=O) groups is 2. The highest BCUT2D eigenvalue weighted by Gasteiger charge is 2.20. The van der Waals surface area contributed by atoms with Crippen LogP contribution in [0, 0.1) is 13.8 Å². The van der Waals surface area contributed by atoms with Crippen LogP contribution in [0.25, 0.3) is 11.4 Å². The van der Waals surface area contributed by atoms with Gasteiger partial charge in [0.1, 0.15) is 0 Å². The molecule has 2 aromatic carbocycles. The Morgan fingerprint density at radius 1 is 0.676 bits per heavy atom. The maximum atomic E-state index is 12.9. The second-order valence-electron chi connectivity index (χ2n) is 8.29. The van der Waals surface area contributed by atoms with E-state index >= 15 is 0 Å². The minimum atomic E-state index is -0.192. The van der Waals surface area contributed by atoms with Gasteiger partial charge in [-0.25, -0.2) is 9.36 Å². The topological polar surface area (TPSA) is 76.3 Å². The summed E-state index contributed by atoms with van der Waals surface area (Å²) in [6.45, 7) is 4.58. The van der Waals surface area contributed by atoms with Crippen LogP contribution < -0.4 is 0 Å². The number of hydrogen-bond acceptors (Lipinski definition) is 4. The van der Waals surface area contributed by atoms with Crippen molar-refractivity contribution in [2.45, 2.75) is 13.8 Å². The molecular weight excluding hydrogens is 428 g/mol. The van der Waals surface area contributed by atoms with Crippen LogP contribution in [0.3, 0.4) is 0 Å². The zero-order valence-electron chi connectivity index (χ0n) is 19.8. The lowest BCUT2D eigenvalue weighted by atomic mass is 10.3. The van der Waals surface area contributed by atoms with Crippen LogP contribution in [-0.4, -0.2) is 68.4 Å². The van der Waals surface area contributed by atoms with Crippen molar-refractivity contribution >= 4 is 11.8 Å². The Morgan fingerprint density at radius 3 is 1.38 bits per heavy atom. The molecule has 0 N–H and O–H groups in total. The Balaban J connectivity index is 1.39. The molecular formula is C26H28N6O2. The standard InChI is InChI=1S/C26H28N6O2/c1-19-17-23(27-31(19)21-11-7-5-8-12-21)25(33)29(3)15-16-30(4)26(34)24-18-20(2)32(28-24)22-13-9-6-10-14-22/h5-14,17-18H,15-16H2,1-4H3. The highest BCUT2D eigenvalue weighted by atomic mass is 16.2. The van der Waals surface area contributed by atoms with Crippen molar-refractivity contribution in [1.29, 1.82) is 0 Å². The molecule has 4 rings (SSSR count). The predicted octanol–water partition coefficient (Wildman–Crippen LogP) is 3.52. The first-order chi connectivity index (χ1) is 16.3. The summed E-state index contributed by atoms with van der Waals surface area (Å²) in [7, 11) is 3.43. The van der Waals surface area contributed by atoms with Crippen LogP contribution in [0.15, 0.2) is 72.8 Å². The van der Waals surface area contributed by atoms with E-state index in [0.717, 1.165) is 22.8 Å². The number of nitrogens with zero attached hydrogens (tertiary/aromatic N) is 6. The molecule has 2 amide bonds. The number of aromatic nitrogens is 4. The summed E-state index contributed by atoms with van der Waals surface area (Å²) in [4.78, 5) is 29.0. The van der Waals surface area contributed by atoms with Gasteiger partial charge < -0.3 is 9.80 Å². The van der Waals surface area contributed by atoms with E-state index in [0.29, 0.717) is 24.5 Å². The van der Waals surface area contributed by atoms with E-state index in [1.165, 1.54) is 0 Å². The van der Waals surface area contributed by atoms with Gasteiger partial charge in [-0.15, -0.1) is 0 Å². The molecule has 0 fully saturated rings. The van der Waals surface area contributed by atoms with Crippen LogP contribution in [0.4, 0.5) is 0 Å². The number of aryl methyl sites for hydroxylation is 2. The van der Waals surface area contributed by atoms with Crippen molar-refractivity contribution < 1.29 is 9.59 Å². The monoisotopic (exact) mass is 456 g/mol. The highest BCUT2D eigenvalue weighted by Crippen LogP contribution is 2.14. The van der Waals surface area contributed by atoms with E-state index in [-0.39, 0.29) is 11.8 Å². The van der Waals surface area contributed by atoms with E-state index in [9.17, 15) is 9.59 Å². The quantitative estimate of drug-likeness (QED) is 0.426. The second-order valence-corrected chi connectivity index (χ2v) is 8.29. The Kier molecular flexibility index (Phi) is 6.58. The van der Waals surface area contributed by atoms with Gasteiger partial charge in [-0.1, -0.05) is 36.4 Å². The van der Waals surface area contributed by atoms with E-state index in [1.807, 2.05) is 74.5 Å². The zero-order valence-corrected chi connectivity index (χ0v) is 19.8. The van der Waals surface area contributed by atoms with Gasteiger partial charge in [0, 0.05) is 38.6 Å². The fraction of sp³-hybridized carbons (Fsp3) is 0.231. The summed E-state index contributed by atoms with van der Waals surface area (Å²) in [6.07, 6.45) is 0. The van der Waals surface area contributed by atoms with Crippen LogP contribution in [0.1, 0.15) is 32.4 Å². The molecule has 0 saturated carbocycles. The maximum absolute atomic E-state index is 12.9. The van der Waals surface area contributed by atoms with Gasteiger partial charge in [0.05, 0.1) is 11.4 Å². The molecule has 0 aliphatic carbocycles. The summed E-state index contributed by atoms with van der Waals surface area (Å²) >= 11 is 0. The van der Waals surface area contributed by atoms with Crippen molar-refractivity contribution in [3.8, 4) is 11.4 Å². The molecule has 8 heteroatoms. The molecule has 0 spiro atoms. The number of carbonyl (C=O) groups excluding carboxylic acids is 2. The van der Waals surface area contributed by atoms with Crippen molar-refractivity contribution in [3.63, 3.8) is 0 Å². The van der Waals surface area contributed by atoms with Crippen molar-refractivity contribution in [2.24, 2.45) is 0 Å². The summed E-state index contributed by atoms with van der Waals surface area (Å²) in [5.74, 6) is -0.384. The molecule has 8 nitrogen and oxygen atoms in total. The number of rotatable bonds is 7. The predicted molar refractivity (Wildman–Crippen MR) is 131 cm³/mol. The molecule has 0 atom stereocenters. The highest BCUT2D eigenvalue weighted by molar-refractivity contribution is 5.93. The molecule has 0 bridgehead atoms. The molecule has 0 aliphatic rings. The lowest BCUT2D eigenvalue weighted by molar-refractivity contribution is 0.0712. The van der Waals surface area contributed by atoms with E-state index in [2.05, 4.69) is 10.2 Å². The van der Waals surface area contributed by atoms with Gasteiger partial charge in [-0.3, -0.25) is 9.59 Å². The maximum Gasteiger partial charge on any atom is 0.274 e. The molecule has 174 valence electrons. The normalized spacial score (nSPS) is 10.8. The van der Waals surface area contributed by atoms with Crippen molar-refractivity contribution in [1.82, 2.24) is 29.4 Å². The van der Waals surface area contributed by atoms with Gasteiger partial charge in [-0.2, -0.15) is 10.2 Å². The first-order valence-corrected chi connectivity index (χ1v) is 11.1. The van der Waals surface area contributed by atoms with Crippen LogP contribution in [0.5, 0.6) is 0 Å². The second kappa shape index (κ2) is 9.74. The summed E-state index contributed by atoms with van der Waals surface area (Å²) in [5.41, 5.74) is 4.29. The molecule has 0 radical (unpaired) electrons. The molecule has 0 saturated heterocycles. The SMILES string of the molecule is Cc1cc(C(=O)N(C)CCN(C)C(=O)c2cc(C)n(-c3ccccc3)n2)nn1-c1ccccc1. The Hall–Kier alpha value is -4.20. The van der Waals surface area contributed by atoms with E-state index in [4.69, 9.17) is 0 Å². The van der Waals surface area contributed by atoms with Gasteiger partial charge in [0.25, 0.3) is 11.8 Å². The van der Waals surface area contributed by atoms with Crippen molar-refractivity contribution in [3.05, 3.63) is 95.6 Å². The average Bonchev–Trinajstić information content (AvgIpc) is 3.45. The summed E-state index contributed by atoms with van der Waals surface area (Å²) in [5, 5.41) is 8.97. The fourth-order valence-electron chi connectivity index (χ4n) is 3.71. The average molecular weight is 457 g/mol. The largest absolute Gasteiger partial charge is 0.339 e. The van der Waals surface area contributed by atoms with Gasteiger partial charge in [0.15, 0.2) is 11.4 Å². The van der Waals surface area contributed by atoms with Crippen LogP contribution in [0.2, 0.25) is 0 Å². The number of para-hydroxylation sites is 2. The minimum absolute atomic E-state index is 0.192. The molecule has 0 unspecified atom stereocenters. The third-order valence-electron chi connectivity index (χ3n) is 5.68. The van der Waals surface area contributed by atoms with Gasteiger partial charge in [0.2, 0.25) is 0 Å². The Bertz CT molecular complexity index is 1190. The summed E-state index contributed by atoms with van der Waals surface area (Å²) < 4.78 is 3.50. The lowest BCUT2D eigenvalue weighted by Crippen LogP contribution is -2.37. The molecule has 2 aromatic heterocycles. The molecule has 2 heterocycles. The van der Waals surface area contributed by atoms with E-state index < -0.39 is 0 Å². The number of likely N-dealkylation sites (N-methyl/N-ethyl adjacent to an activating group) is 2. The fourth-order valence-corrected chi connectivity index (χ4v) is 3.71. The van der Waals surface area contributed by atoms with Crippen LogP contribution in [-0.2, 0) is 0 Å². The minimum Gasteiger partial charge on any atom is -0.339 e. The smallest absolute Gasteiger partial charge is 0.274 e. The molecule has 0 aliphatic heterocycles. The Morgan fingerprint density at radius 2 is 1.03 bits per heavy atom.